The van der Waals surface area contributed by atoms with Gasteiger partial charge < -0.3 is 10.3 Å². The molecular formula is C20H29N5O. The second-order valence-electron chi connectivity index (χ2n) is 7.86. The van der Waals surface area contributed by atoms with Crippen molar-refractivity contribution in [2.45, 2.75) is 51.6 Å². The number of H-pyrrole nitrogens is 1. The van der Waals surface area contributed by atoms with Crippen molar-refractivity contribution in [1.82, 2.24) is 26.1 Å². The van der Waals surface area contributed by atoms with Crippen molar-refractivity contribution in [1.29, 1.82) is 0 Å². The molecule has 5 unspecified atom stereocenters. The van der Waals surface area contributed by atoms with Gasteiger partial charge >= 0.3 is 0 Å². The van der Waals surface area contributed by atoms with E-state index in [4.69, 9.17) is 4.98 Å². The Morgan fingerprint density at radius 1 is 1.35 bits per heavy atom. The van der Waals surface area contributed by atoms with E-state index in [9.17, 15) is 4.79 Å². The highest BCUT2D eigenvalue weighted by Crippen LogP contribution is 2.33. The van der Waals surface area contributed by atoms with Gasteiger partial charge in [0.25, 0.3) is 0 Å². The molecule has 1 amide bonds. The lowest BCUT2D eigenvalue weighted by Crippen LogP contribution is -2.49. The van der Waals surface area contributed by atoms with Crippen LogP contribution in [0.3, 0.4) is 0 Å². The first-order valence-electron chi connectivity index (χ1n) is 9.90. The molecule has 2 aliphatic rings. The number of fused-ring (bicyclic) bond motifs is 2. The van der Waals surface area contributed by atoms with Crippen LogP contribution in [0.4, 0.5) is 0 Å². The number of aromatic amines is 1. The predicted molar refractivity (Wildman–Crippen MR) is 102 cm³/mol. The van der Waals surface area contributed by atoms with E-state index in [0.29, 0.717) is 11.8 Å². The molecule has 2 aromatic rings. The number of hydrazine groups is 1. The summed E-state index contributed by atoms with van der Waals surface area (Å²) in [4.78, 5) is 21.3. The number of nitrogens with zero attached hydrogens (tertiary/aromatic N) is 1. The van der Waals surface area contributed by atoms with Crippen LogP contribution in [0.5, 0.6) is 0 Å². The van der Waals surface area contributed by atoms with E-state index in [-0.39, 0.29) is 23.9 Å². The second-order valence-corrected chi connectivity index (χ2v) is 7.86. The topological polar surface area (TPSA) is 81.8 Å². The largest absolute Gasteiger partial charge is 0.346 e. The standard InChI is InChI=1S/C20H29N5O/c1-3-12(2)17(19-22-15-9-4-5-10-16(15)23-19)24-20(26)14-8-6-7-13-11-21-25-18(13)14/h4-5,9-10,12-14,17-18,21,25H,3,6-8,11H2,1-2H3,(H,22,23)(H,24,26). The number of nitrogens with one attached hydrogen (secondary N) is 4. The van der Waals surface area contributed by atoms with E-state index in [1.165, 1.54) is 6.42 Å². The van der Waals surface area contributed by atoms with Gasteiger partial charge in [-0.2, -0.15) is 0 Å². The average Bonchev–Trinajstić information content (AvgIpc) is 3.31. The molecule has 4 N–H and O–H groups in total. The predicted octanol–water partition coefficient (Wildman–Crippen LogP) is 2.66. The van der Waals surface area contributed by atoms with Crippen molar-refractivity contribution in [3.8, 4) is 0 Å². The van der Waals surface area contributed by atoms with Gasteiger partial charge in [-0.1, -0.05) is 38.8 Å². The average molecular weight is 355 g/mol. The lowest BCUT2D eigenvalue weighted by atomic mass is 9.77. The summed E-state index contributed by atoms with van der Waals surface area (Å²) in [6.45, 7) is 5.30. The Morgan fingerprint density at radius 3 is 3.00 bits per heavy atom. The summed E-state index contributed by atoms with van der Waals surface area (Å²) in [5.41, 5.74) is 8.54. The van der Waals surface area contributed by atoms with Crippen molar-refractivity contribution in [2.24, 2.45) is 17.8 Å². The van der Waals surface area contributed by atoms with E-state index >= 15 is 0 Å². The molecule has 2 heterocycles. The number of hydrogen-bond acceptors (Lipinski definition) is 4. The number of aromatic nitrogens is 2. The summed E-state index contributed by atoms with van der Waals surface area (Å²) >= 11 is 0. The first kappa shape index (κ1) is 17.5. The fraction of sp³-hybridized carbons (Fsp3) is 0.600. The van der Waals surface area contributed by atoms with Gasteiger partial charge in [0.1, 0.15) is 5.82 Å². The Labute approximate surface area is 154 Å². The molecule has 1 aromatic heterocycles. The zero-order valence-corrected chi connectivity index (χ0v) is 15.6. The van der Waals surface area contributed by atoms with Crippen LogP contribution < -0.4 is 16.2 Å². The maximum atomic E-state index is 13.1. The molecular weight excluding hydrogens is 326 g/mol. The lowest BCUT2D eigenvalue weighted by Gasteiger charge is -2.33. The van der Waals surface area contributed by atoms with Crippen LogP contribution in [-0.2, 0) is 4.79 Å². The minimum atomic E-state index is -0.0883. The number of imidazole rings is 1. The fourth-order valence-electron chi connectivity index (χ4n) is 4.43. The summed E-state index contributed by atoms with van der Waals surface area (Å²) in [6.07, 6.45) is 4.27. The zero-order chi connectivity index (χ0) is 18.1. The van der Waals surface area contributed by atoms with Gasteiger partial charge in [0.2, 0.25) is 5.91 Å². The number of benzene rings is 1. The molecule has 1 aliphatic carbocycles. The quantitative estimate of drug-likeness (QED) is 0.665. The minimum Gasteiger partial charge on any atom is -0.346 e. The Morgan fingerprint density at radius 2 is 2.19 bits per heavy atom. The molecule has 26 heavy (non-hydrogen) atoms. The number of rotatable bonds is 5. The molecule has 6 heteroatoms. The van der Waals surface area contributed by atoms with Crippen molar-refractivity contribution in [2.75, 3.05) is 6.54 Å². The molecule has 0 bridgehead atoms. The van der Waals surface area contributed by atoms with Crippen LogP contribution in [0.2, 0.25) is 0 Å². The lowest BCUT2D eigenvalue weighted by molar-refractivity contribution is -0.128. The molecule has 5 atom stereocenters. The molecule has 1 saturated heterocycles. The third kappa shape index (κ3) is 3.23. The summed E-state index contributed by atoms with van der Waals surface area (Å²) in [6, 6.07) is 8.19. The van der Waals surface area contributed by atoms with Crippen LogP contribution in [0.25, 0.3) is 11.0 Å². The number of hydrogen-bond donors (Lipinski definition) is 4. The maximum Gasteiger partial charge on any atom is 0.225 e. The van der Waals surface area contributed by atoms with Gasteiger partial charge in [-0.3, -0.25) is 15.6 Å². The molecule has 4 rings (SSSR count). The van der Waals surface area contributed by atoms with Crippen LogP contribution in [0.15, 0.2) is 24.3 Å². The van der Waals surface area contributed by atoms with Gasteiger partial charge in [0, 0.05) is 12.6 Å². The molecule has 0 radical (unpaired) electrons. The fourth-order valence-corrected chi connectivity index (χ4v) is 4.43. The van der Waals surface area contributed by atoms with Crippen molar-refractivity contribution >= 4 is 16.9 Å². The van der Waals surface area contributed by atoms with Gasteiger partial charge in [0.05, 0.1) is 23.0 Å². The van der Waals surface area contributed by atoms with Gasteiger partial charge in [0.15, 0.2) is 0 Å². The Hall–Kier alpha value is -1.92. The van der Waals surface area contributed by atoms with Crippen molar-refractivity contribution in [3.63, 3.8) is 0 Å². The third-order valence-corrected chi connectivity index (χ3v) is 6.21. The van der Waals surface area contributed by atoms with E-state index in [2.05, 4.69) is 35.0 Å². The van der Waals surface area contributed by atoms with E-state index in [0.717, 1.165) is 42.7 Å². The van der Waals surface area contributed by atoms with Crippen LogP contribution in [0, 0.1) is 17.8 Å². The summed E-state index contributed by atoms with van der Waals surface area (Å²) < 4.78 is 0. The number of carbonyl (C=O) groups is 1. The highest BCUT2D eigenvalue weighted by Gasteiger charge is 2.41. The molecule has 1 aliphatic heterocycles. The minimum absolute atomic E-state index is 0.0275. The molecule has 0 spiro atoms. The number of amides is 1. The first-order valence-corrected chi connectivity index (χ1v) is 9.90. The Kier molecular flexibility index (Phi) is 4.96. The highest BCUT2D eigenvalue weighted by atomic mass is 16.2. The van der Waals surface area contributed by atoms with Gasteiger partial charge in [-0.05, 0) is 36.8 Å². The van der Waals surface area contributed by atoms with Crippen molar-refractivity contribution in [3.05, 3.63) is 30.1 Å². The molecule has 1 saturated carbocycles. The van der Waals surface area contributed by atoms with Gasteiger partial charge in [-0.25, -0.2) is 4.98 Å². The third-order valence-electron chi connectivity index (χ3n) is 6.21. The van der Waals surface area contributed by atoms with Gasteiger partial charge in [-0.15, -0.1) is 0 Å². The first-order chi connectivity index (χ1) is 12.7. The zero-order valence-electron chi connectivity index (χ0n) is 15.6. The summed E-state index contributed by atoms with van der Waals surface area (Å²) in [5, 5.41) is 3.33. The van der Waals surface area contributed by atoms with Crippen LogP contribution >= 0.6 is 0 Å². The van der Waals surface area contributed by atoms with Crippen LogP contribution in [-0.4, -0.2) is 28.5 Å². The summed E-state index contributed by atoms with van der Waals surface area (Å²) in [5.74, 6) is 1.92. The van der Waals surface area contributed by atoms with E-state index in [1.807, 2.05) is 24.3 Å². The number of carbonyl (C=O) groups excluding carboxylic acids is 1. The van der Waals surface area contributed by atoms with Crippen LogP contribution in [0.1, 0.15) is 51.4 Å². The number of para-hydroxylation sites is 2. The van der Waals surface area contributed by atoms with E-state index in [1.54, 1.807) is 0 Å². The smallest absolute Gasteiger partial charge is 0.225 e. The second kappa shape index (κ2) is 7.37. The normalized spacial score (nSPS) is 27.8. The van der Waals surface area contributed by atoms with Crippen molar-refractivity contribution < 1.29 is 4.79 Å². The summed E-state index contributed by atoms with van der Waals surface area (Å²) in [7, 11) is 0. The monoisotopic (exact) mass is 355 g/mol. The molecule has 1 aromatic carbocycles. The Balaban J connectivity index is 1.56. The maximum absolute atomic E-state index is 13.1. The molecule has 6 nitrogen and oxygen atoms in total. The highest BCUT2D eigenvalue weighted by molar-refractivity contribution is 5.80. The molecule has 140 valence electrons. The SMILES string of the molecule is CCC(C)C(NC(=O)C1CCCC2CNNC21)c1nc2ccccc2[nH]1. The Bertz CT molecular complexity index is 739. The molecule has 2 fully saturated rings. The van der Waals surface area contributed by atoms with E-state index < -0.39 is 0 Å².